The van der Waals surface area contributed by atoms with Crippen molar-refractivity contribution in [2.75, 3.05) is 0 Å². The Hall–Kier alpha value is -0.935. The van der Waals surface area contributed by atoms with E-state index in [-0.39, 0.29) is 0 Å². The van der Waals surface area contributed by atoms with Crippen LogP contribution in [0.5, 0.6) is 0 Å². The molecular weight excluding hydrogens is 273 g/mol. The van der Waals surface area contributed by atoms with E-state index < -0.39 is 35.5 Å². The molecule has 2 aliphatic carbocycles. The van der Waals surface area contributed by atoms with E-state index in [1.807, 2.05) is 52.0 Å². The largest absolute Gasteiger partial charge is 0.471 e. The van der Waals surface area contributed by atoms with Gasteiger partial charge in [-0.15, -0.1) is 0 Å². The average Bonchev–Trinajstić information content (AvgIpc) is 2.67. The van der Waals surface area contributed by atoms with E-state index in [1.165, 1.54) is 0 Å². The van der Waals surface area contributed by atoms with Crippen molar-refractivity contribution in [3.8, 4) is 0 Å². The highest BCUT2D eigenvalue weighted by Crippen LogP contribution is 2.84. The van der Waals surface area contributed by atoms with Crippen LogP contribution in [0, 0.1) is 0 Å². The lowest BCUT2D eigenvalue weighted by atomic mass is 9.65. The SMILES string of the molecule is CC1(C)OB(C23Cc4ccccc4C2C3(F)F)OC1(C)C. The van der Waals surface area contributed by atoms with Crippen molar-refractivity contribution in [2.24, 2.45) is 0 Å². The molecule has 1 aromatic carbocycles. The van der Waals surface area contributed by atoms with Gasteiger partial charge in [0.2, 0.25) is 0 Å². The van der Waals surface area contributed by atoms with Gasteiger partial charge >= 0.3 is 7.12 Å². The summed E-state index contributed by atoms with van der Waals surface area (Å²) < 4.78 is 41.1. The topological polar surface area (TPSA) is 18.5 Å². The molecule has 0 bridgehead atoms. The predicted octanol–water partition coefficient (Wildman–Crippen LogP) is 3.81. The summed E-state index contributed by atoms with van der Waals surface area (Å²) in [6, 6.07) is 7.48. The van der Waals surface area contributed by atoms with E-state index in [2.05, 4.69) is 0 Å². The van der Waals surface area contributed by atoms with Gasteiger partial charge in [-0.05, 0) is 45.2 Å². The molecule has 1 saturated heterocycles. The van der Waals surface area contributed by atoms with Gasteiger partial charge < -0.3 is 9.31 Å². The quantitative estimate of drug-likeness (QED) is 0.733. The van der Waals surface area contributed by atoms with E-state index in [1.54, 1.807) is 0 Å². The molecule has 21 heavy (non-hydrogen) atoms. The van der Waals surface area contributed by atoms with Gasteiger partial charge in [0.1, 0.15) is 0 Å². The normalized spacial score (nSPS) is 37.2. The molecule has 1 saturated carbocycles. The van der Waals surface area contributed by atoms with Gasteiger partial charge in [-0.25, -0.2) is 8.78 Å². The number of fused-ring (bicyclic) bond motifs is 3. The second kappa shape index (κ2) is 3.52. The number of rotatable bonds is 1. The molecule has 0 spiro atoms. The lowest BCUT2D eigenvalue weighted by Gasteiger charge is -2.32. The summed E-state index contributed by atoms with van der Waals surface area (Å²) >= 11 is 0. The molecule has 5 heteroatoms. The summed E-state index contributed by atoms with van der Waals surface area (Å²) in [4.78, 5) is 0. The Labute approximate surface area is 124 Å². The van der Waals surface area contributed by atoms with E-state index in [0.29, 0.717) is 6.42 Å². The van der Waals surface area contributed by atoms with E-state index >= 15 is 0 Å². The summed E-state index contributed by atoms with van der Waals surface area (Å²) in [5, 5.41) is -1.22. The predicted molar refractivity (Wildman–Crippen MR) is 76.6 cm³/mol. The molecule has 2 fully saturated rings. The summed E-state index contributed by atoms with van der Waals surface area (Å²) in [7, 11) is -0.852. The standard InChI is InChI=1S/C16H19BF2O2/c1-13(2)14(3,4)21-17(20-13)15-9-10-7-5-6-8-11(10)12(15)16(15,18)19/h5-8,12H,9H2,1-4H3. The Bertz CT molecular complexity index is 612. The van der Waals surface area contributed by atoms with Crippen molar-refractivity contribution in [1.29, 1.82) is 0 Å². The van der Waals surface area contributed by atoms with Gasteiger partial charge in [0.05, 0.1) is 22.4 Å². The Balaban J connectivity index is 1.75. The molecule has 2 nitrogen and oxygen atoms in total. The molecule has 1 heterocycles. The average molecular weight is 292 g/mol. The van der Waals surface area contributed by atoms with Crippen LogP contribution in [0.4, 0.5) is 8.78 Å². The van der Waals surface area contributed by atoms with E-state index in [4.69, 9.17) is 9.31 Å². The maximum absolute atomic E-state index is 14.6. The van der Waals surface area contributed by atoms with Crippen LogP contribution in [0.2, 0.25) is 5.31 Å². The van der Waals surface area contributed by atoms with Crippen molar-refractivity contribution < 1.29 is 18.1 Å². The molecule has 112 valence electrons. The van der Waals surface area contributed by atoms with Crippen molar-refractivity contribution in [2.45, 2.75) is 62.5 Å². The lowest BCUT2D eigenvalue weighted by Crippen LogP contribution is -2.41. The zero-order valence-corrected chi connectivity index (χ0v) is 12.7. The van der Waals surface area contributed by atoms with Gasteiger partial charge in [0.25, 0.3) is 5.92 Å². The Morgan fingerprint density at radius 3 is 2.24 bits per heavy atom. The van der Waals surface area contributed by atoms with Crippen molar-refractivity contribution in [1.82, 2.24) is 0 Å². The molecular formula is C16H19BF2O2. The summed E-state index contributed by atoms with van der Waals surface area (Å²) in [6.07, 6.45) is 0.331. The van der Waals surface area contributed by atoms with Gasteiger partial charge in [0.15, 0.2) is 0 Å². The first-order valence-corrected chi connectivity index (χ1v) is 7.45. The summed E-state index contributed by atoms with van der Waals surface area (Å²) in [5.74, 6) is -3.52. The first-order chi connectivity index (χ1) is 9.63. The lowest BCUT2D eigenvalue weighted by molar-refractivity contribution is 0.00578. The molecule has 2 unspecified atom stereocenters. The molecule has 0 amide bonds. The minimum absolute atomic E-state index is 0.331. The molecule has 1 aromatic rings. The van der Waals surface area contributed by atoms with E-state index in [9.17, 15) is 8.78 Å². The van der Waals surface area contributed by atoms with Crippen LogP contribution in [-0.4, -0.2) is 24.2 Å². The van der Waals surface area contributed by atoms with Gasteiger partial charge in [-0.1, -0.05) is 24.3 Å². The fourth-order valence-electron chi connectivity index (χ4n) is 3.89. The maximum Gasteiger partial charge on any atom is 0.471 e. The minimum Gasteiger partial charge on any atom is -0.403 e. The van der Waals surface area contributed by atoms with Crippen molar-refractivity contribution >= 4 is 7.12 Å². The Kier molecular flexibility index (Phi) is 2.30. The first-order valence-electron chi connectivity index (χ1n) is 7.45. The summed E-state index contributed by atoms with van der Waals surface area (Å²) in [5.41, 5.74) is 0.606. The number of benzene rings is 1. The summed E-state index contributed by atoms with van der Waals surface area (Å²) in [6.45, 7) is 7.62. The number of halogens is 2. The second-order valence-electron chi connectivity index (χ2n) is 7.56. The third-order valence-electron chi connectivity index (χ3n) is 5.94. The number of hydrogen-bond donors (Lipinski definition) is 0. The number of alkyl halides is 2. The maximum atomic E-state index is 14.6. The van der Waals surface area contributed by atoms with Gasteiger partial charge in [0, 0.05) is 0 Å². The molecule has 2 atom stereocenters. The van der Waals surface area contributed by atoms with Crippen LogP contribution in [0.15, 0.2) is 24.3 Å². The van der Waals surface area contributed by atoms with Crippen LogP contribution in [-0.2, 0) is 15.7 Å². The van der Waals surface area contributed by atoms with Gasteiger partial charge in [-0.3, -0.25) is 0 Å². The van der Waals surface area contributed by atoms with Crippen LogP contribution in [0.3, 0.4) is 0 Å². The highest BCUT2D eigenvalue weighted by Gasteiger charge is 2.90. The zero-order chi connectivity index (χ0) is 15.3. The molecule has 0 aromatic heterocycles. The van der Waals surface area contributed by atoms with E-state index in [0.717, 1.165) is 11.1 Å². The van der Waals surface area contributed by atoms with Crippen LogP contribution in [0.25, 0.3) is 0 Å². The highest BCUT2D eigenvalue weighted by molar-refractivity contribution is 6.52. The fourth-order valence-corrected chi connectivity index (χ4v) is 3.89. The zero-order valence-electron chi connectivity index (χ0n) is 12.7. The van der Waals surface area contributed by atoms with Crippen molar-refractivity contribution in [3.63, 3.8) is 0 Å². The van der Waals surface area contributed by atoms with Crippen LogP contribution in [0.1, 0.15) is 44.7 Å². The second-order valence-corrected chi connectivity index (χ2v) is 7.56. The minimum atomic E-state index is -2.75. The first kappa shape index (κ1) is 13.7. The monoisotopic (exact) mass is 292 g/mol. The number of hydrogen-bond acceptors (Lipinski definition) is 2. The smallest absolute Gasteiger partial charge is 0.403 e. The van der Waals surface area contributed by atoms with Crippen LogP contribution >= 0.6 is 0 Å². The Morgan fingerprint density at radius 2 is 1.62 bits per heavy atom. The Morgan fingerprint density at radius 1 is 1.05 bits per heavy atom. The molecule has 1 aliphatic heterocycles. The van der Waals surface area contributed by atoms with Crippen LogP contribution < -0.4 is 0 Å². The third kappa shape index (κ3) is 1.40. The molecule has 0 N–H and O–H groups in total. The fraction of sp³-hybridized carbons (Fsp3) is 0.625. The highest BCUT2D eigenvalue weighted by atomic mass is 19.3. The molecule has 0 radical (unpaired) electrons. The van der Waals surface area contributed by atoms with Gasteiger partial charge in [-0.2, -0.15) is 0 Å². The third-order valence-corrected chi connectivity index (χ3v) is 5.94. The molecule has 4 rings (SSSR count). The van der Waals surface area contributed by atoms with Crippen molar-refractivity contribution in [3.05, 3.63) is 35.4 Å². The molecule has 3 aliphatic rings.